The number of hydrogen-bond donors (Lipinski definition) is 4. The van der Waals surface area contributed by atoms with Gasteiger partial charge in [-0.2, -0.15) is 0 Å². The fraction of sp³-hybridized carbons (Fsp3) is 0.472. The Morgan fingerprint density at radius 1 is 0.909 bits per heavy atom. The molecule has 0 fully saturated rings. The van der Waals surface area contributed by atoms with Crippen molar-refractivity contribution in [3.05, 3.63) is 69.8 Å². The fourth-order valence-electron chi connectivity index (χ4n) is 6.91. The van der Waals surface area contributed by atoms with Crippen LogP contribution in [0.1, 0.15) is 98.3 Å². The molecule has 0 aliphatic carbocycles. The van der Waals surface area contributed by atoms with Crippen LogP contribution in [0.2, 0.25) is 0 Å². The quantitative estimate of drug-likeness (QED) is 0.225. The summed E-state index contributed by atoms with van der Waals surface area (Å²) in [6, 6.07) is 10.7. The first kappa shape index (κ1) is 31.7. The Morgan fingerprint density at radius 3 is 2.32 bits per heavy atom. The van der Waals surface area contributed by atoms with Crippen LogP contribution < -0.4 is 0 Å². The monoisotopic (exact) mass is 597 g/mol. The van der Waals surface area contributed by atoms with Gasteiger partial charge in [-0.3, -0.25) is 9.78 Å². The van der Waals surface area contributed by atoms with E-state index >= 15 is 0 Å². The summed E-state index contributed by atoms with van der Waals surface area (Å²) in [5.41, 5.74) is 12.7. The van der Waals surface area contributed by atoms with Crippen LogP contribution in [-0.4, -0.2) is 68.3 Å². The SMILES string of the molecule is CCC1c2cc3[nH]c(cc4nc(cc5[nH]c(cc(n2)C1(C)CC(=O)N(C)C)c(C)c5CCCO)C(CCCO)=C4C)cc3C. The van der Waals surface area contributed by atoms with Crippen LogP contribution >= 0.6 is 0 Å². The summed E-state index contributed by atoms with van der Waals surface area (Å²) in [6.07, 6.45) is 3.97. The topological polar surface area (TPSA) is 118 Å². The van der Waals surface area contributed by atoms with Crippen molar-refractivity contribution in [2.75, 3.05) is 27.3 Å². The van der Waals surface area contributed by atoms with Gasteiger partial charge in [0.2, 0.25) is 5.91 Å². The number of fused-ring (bicyclic) bond motifs is 8. The van der Waals surface area contributed by atoms with Gasteiger partial charge in [0.1, 0.15) is 0 Å². The molecule has 3 aromatic rings. The van der Waals surface area contributed by atoms with E-state index in [4.69, 9.17) is 9.97 Å². The Kier molecular flexibility index (Phi) is 9.14. The van der Waals surface area contributed by atoms with Gasteiger partial charge in [-0.15, -0.1) is 0 Å². The minimum Gasteiger partial charge on any atom is -0.396 e. The fourth-order valence-corrected chi connectivity index (χ4v) is 6.91. The highest BCUT2D eigenvalue weighted by atomic mass is 16.3. The number of allylic oxidation sites excluding steroid dienone is 2. The highest BCUT2D eigenvalue weighted by Crippen LogP contribution is 2.47. The number of hydrogen-bond acceptors (Lipinski definition) is 5. The van der Waals surface area contributed by atoms with Gasteiger partial charge in [0, 0.05) is 78.5 Å². The maximum Gasteiger partial charge on any atom is 0.223 e. The molecule has 234 valence electrons. The Bertz CT molecular complexity index is 1760. The molecule has 0 radical (unpaired) electrons. The van der Waals surface area contributed by atoms with E-state index in [2.05, 4.69) is 74.9 Å². The molecule has 0 saturated heterocycles. The van der Waals surface area contributed by atoms with Crippen molar-refractivity contribution in [3.63, 3.8) is 0 Å². The zero-order valence-corrected chi connectivity index (χ0v) is 27.3. The maximum atomic E-state index is 13.2. The lowest BCUT2D eigenvalue weighted by atomic mass is 9.71. The van der Waals surface area contributed by atoms with E-state index < -0.39 is 5.41 Å². The first-order chi connectivity index (χ1) is 21.0. The second kappa shape index (κ2) is 12.7. The second-order valence-corrected chi connectivity index (χ2v) is 12.9. The lowest BCUT2D eigenvalue weighted by Gasteiger charge is -2.31. The Balaban J connectivity index is 1.90. The largest absolute Gasteiger partial charge is 0.396 e. The molecule has 2 atom stereocenters. The number of aryl methyl sites for hydroxylation is 3. The van der Waals surface area contributed by atoms with E-state index in [0.717, 1.165) is 91.9 Å². The van der Waals surface area contributed by atoms with E-state index in [0.29, 0.717) is 19.3 Å². The van der Waals surface area contributed by atoms with Crippen LogP contribution in [0.4, 0.5) is 0 Å². The molecule has 5 heterocycles. The molecule has 0 saturated carbocycles. The predicted octanol–water partition coefficient (Wildman–Crippen LogP) is 6.49. The maximum absolute atomic E-state index is 13.2. The van der Waals surface area contributed by atoms with E-state index in [-0.39, 0.29) is 25.0 Å². The van der Waals surface area contributed by atoms with Crippen molar-refractivity contribution >= 4 is 39.1 Å². The highest BCUT2D eigenvalue weighted by molar-refractivity contribution is 5.92. The van der Waals surface area contributed by atoms with Crippen LogP contribution in [0.25, 0.3) is 33.2 Å². The molecule has 3 aromatic heterocycles. The van der Waals surface area contributed by atoms with Gasteiger partial charge in [0.15, 0.2) is 0 Å². The molecule has 2 aliphatic heterocycles. The normalized spacial score (nSPS) is 18.2. The Hall–Kier alpha value is -3.75. The lowest BCUT2D eigenvalue weighted by Crippen LogP contribution is -2.34. The number of aromatic nitrogens is 4. The minimum atomic E-state index is -0.492. The molecule has 8 heteroatoms. The number of H-pyrrole nitrogens is 2. The number of aliphatic hydroxyl groups excluding tert-OH is 2. The third kappa shape index (κ3) is 5.85. The summed E-state index contributed by atoms with van der Waals surface area (Å²) in [5, 5.41) is 19.4. The molecule has 1 amide bonds. The molecule has 8 nitrogen and oxygen atoms in total. The standard InChI is InChI=1S/C36H47N5O3/c1-8-27-33-17-28-21(2)15-24(37-28)16-29-22(3)25(11-9-13-42)31(38-29)18-32-26(12-10-14-43)23(4)30(39-32)19-34(40-33)36(27,5)20-35(44)41(6)7/h15-19,27,37,39,42-43H,8-14,20H2,1-7H3. The molecular formula is C36H47N5O3. The number of carbonyl (C=O) groups is 1. The van der Waals surface area contributed by atoms with Crippen molar-refractivity contribution < 1.29 is 15.0 Å². The number of aliphatic hydroxyl groups is 2. The number of carbonyl (C=O) groups excluding carboxylic acids is 1. The predicted molar refractivity (Wildman–Crippen MR) is 178 cm³/mol. The van der Waals surface area contributed by atoms with Crippen molar-refractivity contribution in [3.8, 4) is 0 Å². The first-order valence-electron chi connectivity index (χ1n) is 15.8. The average molecular weight is 598 g/mol. The van der Waals surface area contributed by atoms with Crippen LogP contribution in [0.5, 0.6) is 0 Å². The van der Waals surface area contributed by atoms with Crippen molar-refractivity contribution in [2.45, 2.75) is 84.5 Å². The van der Waals surface area contributed by atoms with Crippen LogP contribution in [0.3, 0.4) is 0 Å². The molecule has 2 aliphatic rings. The summed E-state index contributed by atoms with van der Waals surface area (Å²) in [4.78, 5) is 32.5. The molecule has 0 aromatic carbocycles. The highest BCUT2D eigenvalue weighted by Gasteiger charge is 2.44. The van der Waals surface area contributed by atoms with Crippen molar-refractivity contribution in [1.29, 1.82) is 0 Å². The number of amides is 1. The zero-order valence-electron chi connectivity index (χ0n) is 27.3. The Labute approximate surface area is 260 Å². The number of nitrogens with one attached hydrogen (secondary N) is 2. The van der Waals surface area contributed by atoms with Crippen LogP contribution in [0, 0.1) is 13.8 Å². The number of aromatic amines is 2. The van der Waals surface area contributed by atoms with Crippen LogP contribution in [-0.2, 0) is 16.6 Å². The molecule has 44 heavy (non-hydrogen) atoms. The molecular weight excluding hydrogens is 550 g/mol. The summed E-state index contributed by atoms with van der Waals surface area (Å²) < 4.78 is 0. The molecule has 8 bridgehead atoms. The Morgan fingerprint density at radius 2 is 1.64 bits per heavy atom. The summed E-state index contributed by atoms with van der Waals surface area (Å²) in [7, 11) is 3.62. The third-order valence-corrected chi connectivity index (χ3v) is 9.62. The van der Waals surface area contributed by atoms with E-state index in [1.54, 1.807) is 4.90 Å². The van der Waals surface area contributed by atoms with E-state index in [1.165, 1.54) is 0 Å². The summed E-state index contributed by atoms with van der Waals surface area (Å²) in [5.74, 6) is 0.144. The van der Waals surface area contributed by atoms with Gasteiger partial charge in [-0.05, 0) is 111 Å². The van der Waals surface area contributed by atoms with Gasteiger partial charge >= 0.3 is 0 Å². The second-order valence-electron chi connectivity index (χ2n) is 12.9. The number of rotatable bonds is 9. The van der Waals surface area contributed by atoms with E-state index in [9.17, 15) is 15.0 Å². The van der Waals surface area contributed by atoms with Crippen LogP contribution in [0.15, 0.2) is 30.3 Å². The summed E-state index contributed by atoms with van der Waals surface area (Å²) in [6.45, 7) is 10.9. The van der Waals surface area contributed by atoms with Gasteiger partial charge in [-0.25, -0.2) is 4.98 Å². The molecule has 4 N–H and O–H groups in total. The van der Waals surface area contributed by atoms with Crippen molar-refractivity contribution in [1.82, 2.24) is 24.8 Å². The van der Waals surface area contributed by atoms with Gasteiger partial charge in [-0.1, -0.05) is 13.8 Å². The zero-order chi connectivity index (χ0) is 31.8. The van der Waals surface area contributed by atoms with Crippen molar-refractivity contribution in [2.24, 2.45) is 0 Å². The summed E-state index contributed by atoms with van der Waals surface area (Å²) >= 11 is 0. The average Bonchev–Trinajstić information content (AvgIpc) is 3.64. The van der Waals surface area contributed by atoms with E-state index in [1.807, 2.05) is 14.1 Å². The number of nitrogens with zero attached hydrogens (tertiary/aromatic N) is 3. The molecule has 2 unspecified atom stereocenters. The van der Waals surface area contributed by atoms with Gasteiger partial charge in [0.25, 0.3) is 0 Å². The third-order valence-electron chi connectivity index (χ3n) is 9.62. The first-order valence-corrected chi connectivity index (χ1v) is 15.8. The minimum absolute atomic E-state index is 0.0637. The van der Waals surface area contributed by atoms with Gasteiger partial charge < -0.3 is 25.1 Å². The molecule has 0 spiro atoms. The molecule has 5 rings (SSSR count). The van der Waals surface area contributed by atoms with Gasteiger partial charge in [0.05, 0.1) is 11.4 Å². The lowest BCUT2D eigenvalue weighted by molar-refractivity contribution is -0.130. The smallest absolute Gasteiger partial charge is 0.223 e.